The summed E-state index contributed by atoms with van der Waals surface area (Å²) in [7, 11) is 4.86. The van der Waals surface area contributed by atoms with E-state index in [2.05, 4.69) is 0 Å². The Morgan fingerprint density at radius 3 is 1.90 bits per heavy atom. The molecule has 0 atom stereocenters. The van der Waals surface area contributed by atoms with Gasteiger partial charge in [-0.25, -0.2) is 0 Å². The zero-order valence-corrected chi connectivity index (χ0v) is 17.2. The number of ether oxygens (including phenoxy) is 3. The highest BCUT2D eigenvalue weighted by Crippen LogP contribution is 2.37. The van der Waals surface area contributed by atoms with E-state index in [1.165, 1.54) is 9.80 Å². The van der Waals surface area contributed by atoms with Gasteiger partial charge >= 0.3 is 0 Å². The van der Waals surface area contributed by atoms with E-state index < -0.39 is 0 Å². The number of hydrogen-bond acceptors (Lipinski definition) is 5. The van der Waals surface area contributed by atoms with Gasteiger partial charge < -0.3 is 24.0 Å². The summed E-state index contributed by atoms with van der Waals surface area (Å²) in [4.78, 5) is 13.6. The van der Waals surface area contributed by atoms with Crippen molar-refractivity contribution >= 4 is 5.69 Å². The van der Waals surface area contributed by atoms with Gasteiger partial charge in [0.15, 0.2) is 11.5 Å². The molecule has 2 aromatic carbocycles. The number of hydrogen-bond donors (Lipinski definition) is 2. The molecule has 0 radical (unpaired) electrons. The fraction of sp³-hybridized carbons (Fsp3) is 0.429. The average molecular weight is 403 g/mol. The summed E-state index contributed by atoms with van der Waals surface area (Å²) in [5, 5.41) is 11.0. The van der Waals surface area contributed by atoms with Crippen LogP contribution < -0.4 is 24.0 Å². The minimum atomic E-state index is -0.335. The molecule has 8 nitrogen and oxygen atoms in total. The van der Waals surface area contributed by atoms with Crippen molar-refractivity contribution in [2.45, 2.75) is 13.1 Å². The second-order valence-electron chi connectivity index (χ2n) is 7.31. The quantitative estimate of drug-likeness (QED) is 0.483. The molecule has 1 aliphatic heterocycles. The number of piperazine rings is 1. The molecule has 156 valence electrons. The second kappa shape index (κ2) is 9.58. The molecule has 0 bridgehead atoms. The summed E-state index contributed by atoms with van der Waals surface area (Å²) >= 11 is 0. The van der Waals surface area contributed by atoms with Crippen molar-refractivity contribution in [3.63, 3.8) is 0 Å². The van der Waals surface area contributed by atoms with E-state index in [1.807, 2.05) is 18.2 Å². The van der Waals surface area contributed by atoms with Crippen LogP contribution in [-0.2, 0) is 13.1 Å². The monoisotopic (exact) mass is 403 g/mol. The van der Waals surface area contributed by atoms with Crippen LogP contribution in [0.4, 0.5) is 5.69 Å². The van der Waals surface area contributed by atoms with Crippen molar-refractivity contribution in [2.75, 3.05) is 47.5 Å². The summed E-state index contributed by atoms with van der Waals surface area (Å²) in [5.41, 5.74) is 2.33. The van der Waals surface area contributed by atoms with E-state index in [4.69, 9.17) is 14.2 Å². The van der Waals surface area contributed by atoms with Crippen LogP contribution >= 0.6 is 0 Å². The summed E-state index contributed by atoms with van der Waals surface area (Å²) in [6.07, 6.45) is 0. The standard InChI is InChI=1S/C21H27N3O5/c1-27-19-12-17(13-20(28-2)21(19)29-3)15-23-9-7-22(8-10-23)14-16-5-4-6-18(11-16)24(25)26/h4-6,11-13H,7-10,14-15H2,1-3H3/p+2. The van der Waals surface area contributed by atoms with Crippen molar-refractivity contribution in [3.05, 3.63) is 57.6 Å². The van der Waals surface area contributed by atoms with Gasteiger partial charge in [-0.1, -0.05) is 12.1 Å². The molecule has 1 aliphatic rings. The Morgan fingerprint density at radius 2 is 1.41 bits per heavy atom. The van der Waals surface area contributed by atoms with Gasteiger partial charge in [0.25, 0.3) is 5.69 Å². The SMILES string of the molecule is COc1cc(C[NH+]2CC[NH+](Cc3cccc([N+](=O)[O-])c3)CC2)cc(OC)c1OC. The second-order valence-corrected chi connectivity index (χ2v) is 7.31. The lowest BCUT2D eigenvalue weighted by atomic mass is 10.1. The molecular weight excluding hydrogens is 374 g/mol. The van der Waals surface area contributed by atoms with E-state index in [0.29, 0.717) is 17.2 Å². The van der Waals surface area contributed by atoms with Crippen LogP contribution in [0.5, 0.6) is 17.2 Å². The first kappa shape index (κ1) is 20.9. The molecular formula is C21H29N3O5+2. The Morgan fingerprint density at radius 1 is 0.862 bits per heavy atom. The third-order valence-corrected chi connectivity index (χ3v) is 5.42. The van der Waals surface area contributed by atoms with Crippen LogP contribution in [0.15, 0.2) is 36.4 Å². The molecule has 1 heterocycles. The summed E-state index contributed by atoms with van der Waals surface area (Å²) in [6.45, 7) is 5.85. The van der Waals surface area contributed by atoms with Crippen LogP contribution in [0, 0.1) is 10.1 Å². The number of nitrogens with zero attached hydrogens (tertiary/aromatic N) is 1. The number of nitro groups is 1. The van der Waals surface area contributed by atoms with Gasteiger partial charge in [-0.3, -0.25) is 10.1 Å². The van der Waals surface area contributed by atoms with Crippen molar-refractivity contribution in [3.8, 4) is 17.2 Å². The van der Waals surface area contributed by atoms with E-state index in [-0.39, 0.29) is 10.6 Å². The normalized spacial score (nSPS) is 18.9. The van der Waals surface area contributed by atoms with E-state index in [0.717, 1.165) is 50.4 Å². The maximum Gasteiger partial charge on any atom is 0.269 e. The third kappa shape index (κ3) is 5.16. The highest BCUT2D eigenvalue weighted by molar-refractivity contribution is 5.53. The van der Waals surface area contributed by atoms with Crippen LogP contribution in [-0.4, -0.2) is 52.4 Å². The Hall–Kier alpha value is -2.84. The number of nitrogens with one attached hydrogen (secondary N) is 2. The summed E-state index contributed by atoms with van der Waals surface area (Å²) in [6, 6.07) is 11.0. The van der Waals surface area contributed by atoms with Gasteiger partial charge in [-0.05, 0) is 12.1 Å². The van der Waals surface area contributed by atoms with Crippen molar-refractivity contribution in [1.82, 2.24) is 0 Å². The average Bonchev–Trinajstić information content (AvgIpc) is 2.74. The number of quaternary nitrogens is 2. The molecule has 8 heteroatoms. The number of benzene rings is 2. The Bertz CT molecular complexity index is 825. The van der Waals surface area contributed by atoms with E-state index in [1.54, 1.807) is 39.5 Å². The lowest BCUT2D eigenvalue weighted by molar-refractivity contribution is -1.02. The molecule has 0 unspecified atom stereocenters. The Kier molecular flexibility index (Phi) is 6.90. The fourth-order valence-electron chi connectivity index (χ4n) is 3.91. The van der Waals surface area contributed by atoms with Crippen LogP contribution in [0.2, 0.25) is 0 Å². The predicted molar refractivity (Wildman–Crippen MR) is 108 cm³/mol. The van der Waals surface area contributed by atoms with Crippen LogP contribution in [0.25, 0.3) is 0 Å². The van der Waals surface area contributed by atoms with E-state index in [9.17, 15) is 10.1 Å². The van der Waals surface area contributed by atoms with Crippen molar-refractivity contribution in [1.29, 1.82) is 0 Å². The molecule has 2 N–H and O–H groups in total. The van der Waals surface area contributed by atoms with Gasteiger partial charge in [0.1, 0.15) is 39.3 Å². The molecule has 1 saturated heterocycles. The van der Waals surface area contributed by atoms with E-state index >= 15 is 0 Å². The van der Waals surface area contributed by atoms with Crippen LogP contribution in [0.3, 0.4) is 0 Å². The Balaban J connectivity index is 1.59. The smallest absolute Gasteiger partial charge is 0.269 e. The minimum absolute atomic E-state index is 0.161. The molecule has 3 rings (SSSR count). The lowest BCUT2D eigenvalue weighted by Gasteiger charge is -2.30. The van der Waals surface area contributed by atoms with Gasteiger partial charge in [0.05, 0.1) is 26.3 Å². The van der Waals surface area contributed by atoms with Gasteiger partial charge in [-0.15, -0.1) is 0 Å². The molecule has 1 fully saturated rings. The first-order valence-corrected chi connectivity index (χ1v) is 9.73. The highest BCUT2D eigenvalue weighted by atomic mass is 16.6. The number of non-ortho nitro benzene ring substituents is 1. The number of nitro benzene ring substituents is 1. The Labute approximate surface area is 170 Å². The minimum Gasteiger partial charge on any atom is -0.493 e. The van der Waals surface area contributed by atoms with Gasteiger partial charge in [0, 0.05) is 23.3 Å². The zero-order chi connectivity index (χ0) is 20.8. The molecule has 2 aromatic rings. The van der Waals surface area contributed by atoms with Crippen LogP contribution in [0.1, 0.15) is 11.1 Å². The first-order chi connectivity index (χ1) is 14.0. The summed E-state index contributed by atoms with van der Waals surface area (Å²) < 4.78 is 16.3. The molecule has 0 aliphatic carbocycles. The molecule has 29 heavy (non-hydrogen) atoms. The molecule has 0 amide bonds. The maximum atomic E-state index is 11.0. The maximum absolute atomic E-state index is 11.0. The molecule has 0 aromatic heterocycles. The zero-order valence-electron chi connectivity index (χ0n) is 17.2. The number of methoxy groups -OCH3 is 3. The van der Waals surface area contributed by atoms with Crippen molar-refractivity contribution in [2.24, 2.45) is 0 Å². The lowest BCUT2D eigenvalue weighted by Crippen LogP contribution is -3.27. The topological polar surface area (TPSA) is 79.7 Å². The fourth-order valence-corrected chi connectivity index (χ4v) is 3.91. The number of rotatable bonds is 8. The molecule has 0 saturated carbocycles. The predicted octanol–water partition coefficient (Wildman–Crippen LogP) is 0.104. The highest BCUT2D eigenvalue weighted by Gasteiger charge is 2.24. The van der Waals surface area contributed by atoms with Gasteiger partial charge in [-0.2, -0.15) is 0 Å². The largest absolute Gasteiger partial charge is 0.493 e. The first-order valence-electron chi connectivity index (χ1n) is 9.73. The summed E-state index contributed by atoms with van der Waals surface area (Å²) in [5.74, 6) is 1.97. The van der Waals surface area contributed by atoms with Crippen molar-refractivity contribution < 1.29 is 28.9 Å². The third-order valence-electron chi connectivity index (χ3n) is 5.42. The van der Waals surface area contributed by atoms with Gasteiger partial charge in [0.2, 0.25) is 5.75 Å². The molecule has 0 spiro atoms.